The van der Waals surface area contributed by atoms with E-state index < -0.39 is 11.8 Å². The van der Waals surface area contributed by atoms with Crippen molar-refractivity contribution in [2.45, 2.75) is 11.8 Å². The van der Waals surface area contributed by atoms with E-state index in [1.165, 1.54) is 12.1 Å². The Bertz CT molecular complexity index is 473. The number of halogens is 2. The monoisotopic (exact) mass is 317 g/mol. The molecule has 6 heteroatoms. The summed E-state index contributed by atoms with van der Waals surface area (Å²) in [6.45, 7) is 2.01. The second-order valence-corrected chi connectivity index (χ2v) is 4.75. The number of carbonyl (C=O) groups excluding carboxylic acids is 1. The normalized spacial score (nSPS) is 9.76. The van der Waals surface area contributed by atoms with Gasteiger partial charge in [0.15, 0.2) is 5.82 Å². The summed E-state index contributed by atoms with van der Waals surface area (Å²) < 4.78 is 18.6. The molecular weight excluding hydrogens is 309 g/mol. The summed E-state index contributed by atoms with van der Waals surface area (Å²) in [5.74, 6) is -0.876. The van der Waals surface area contributed by atoms with Crippen LogP contribution in [0.3, 0.4) is 0 Å². The smallest absolute Gasteiger partial charge is 0.316 e. The molecule has 1 aromatic rings. The first-order valence-electron chi connectivity index (χ1n) is 4.76. The molecule has 0 fully saturated rings. The van der Waals surface area contributed by atoms with Crippen molar-refractivity contribution in [3.05, 3.63) is 28.0 Å². The van der Waals surface area contributed by atoms with Crippen molar-refractivity contribution in [2.24, 2.45) is 0 Å². The molecule has 0 saturated heterocycles. The molecule has 0 N–H and O–H groups in total. The minimum absolute atomic E-state index is 0.0447. The molecule has 0 radical (unpaired) electrons. The van der Waals surface area contributed by atoms with E-state index in [1.54, 1.807) is 6.92 Å². The summed E-state index contributed by atoms with van der Waals surface area (Å²) in [5.41, 5.74) is 0.225. The van der Waals surface area contributed by atoms with Gasteiger partial charge in [-0.15, -0.1) is 11.8 Å². The molecule has 90 valence electrons. The van der Waals surface area contributed by atoms with E-state index in [-0.39, 0.29) is 15.8 Å². The lowest BCUT2D eigenvalue weighted by Crippen LogP contribution is -2.06. The predicted molar refractivity (Wildman–Crippen MR) is 66.2 cm³/mol. The average Bonchev–Trinajstić information content (AvgIpc) is 2.31. The Balaban J connectivity index is 2.77. The summed E-state index contributed by atoms with van der Waals surface area (Å²) >= 11 is 4.04. The van der Waals surface area contributed by atoms with Crippen molar-refractivity contribution in [1.29, 1.82) is 5.26 Å². The summed E-state index contributed by atoms with van der Waals surface area (Å²) in [5, 5.41) is 8.69. The number of ether oxygens (including phenoxy) is 1. The number of nitriles is 1. The van der Waals surface area contributed by atoms with E-state index in [1.807, 2.05) is 6.07 Å². The van der Waals surface area contributed by atoms with E-state index in [9.17, 15) is 9.18 Å². The molecule has 0 spiro atoms. The Kier molecular flexibility index (Phi) is 5.45. The fourth-order valence-electron chi connectivity index (χ4n) is 1.07. The zero-order chi connectivity index (χ0) is 12.8. The fraction of sp³-hybridized carbons (Fsp3) is 0.273. The molecule has 0 aliphatic rings. The van der Waals surface area contributed by atoms with Gasteiger partial charge in [0.1, 0.15) is 6.07 Å². The third-order valence-corrected chi connectivity index (χ3v) is 3.60. The van der Waals surface area contributed by atoms with E-state index >= 15 is 0 Å². The first kappa shape index (κ1) is 14.0. The molecule has 17 heavy (non-hydrogen) atoms. The number of benzene rings is 1. The molecule has 0 aromatic heterocycles. The van der Waals surface area contributed by atoms with Gasteiger partial charge in [-0.05, 0) is 35.0 Å². The number of hydrogen-bond donors (Lipinski definition) is 0. The molecule has 0 amide bonds. The highest BCUT2D eigenvalue weighted by molar-refractivity contribution is 9.10. The Labute approximate surface area is 111 Å². The molecule has 0 unspecified atom stereocenters. The van der Waals surface area contributed by atoms with Gasteiger partial charge in [-0.1, -0.05) is 0 Å². The zero-order valence-corrected chi connectivity index (χ0v) is 11.4. The van der Waals surface area contributed by atoms with E-state index in [0.29, 0.717) is 11.5 Å². The van der Waals surface area contributed by atoms with Crippen LogP contribution in [0.1, 0.15) is 12.5 Å². The van der Waals surface area contributed by atoms with Crippen LogP contribution in [0.15, 0.2) is 21.5 Å². The van der Waals surface area contributed by atoms with Crippen LogP contribution < -0.4 is 0 Å². The summed E-state index contributed by atoms with van der Waals surface area (Å²) in [6.07, 6.45) is 0. The van der Waals surface area contributed by atoms with Crippen LogP contribution >= 0.6 is 27.7 Å². The van der Waals surface area contributed by atoms with Crippen molar-refractivity contribution in [3.63, 3.8) is 0 Å². The Morgan fingerprint density at radius 2 is 2.35 bits per heavy atom. The number of thioether (sulfide) groups is 1. The quantitative estimate of drug-likeness (QED) is 0.632. The lowest BCUT2D eigenvalue weighted by molar-refractivity contribution is -0.139. The number of rotatable bonds is 4. The summed E-state index contributed by atoms with van der Waals surface area (Å²) in [4.78, 5) is 11.4. The van der Waals surface area contributed by atoms with Crippen LogP contribution in [0.25, 0.3) is 0 Å². The van der Waals surface area contributed by atoms with Gasteiger partial charge in [0.05, 0.1) is 22.4 Å². The number of hydrogen-bond acceptors (Lipinski definition) is 4. The molecular formula is C11H9BrFNO2S. The molecule has 0 aliphatic carbocycles. The standard InChI is InChI=1S/C11H9BrFNO2S/c1-2-16-9(15)6-17-8-4-3-7(5-14)10(12)11(8)13/h3-4H,2,6H2,1H3. The van der Waals surface area contributed by atoms with Crippen LogP contribution in [-0.2, 0) is 9.53 Å². The minimum atomic E-state index is -0.529. The average molecular weight is 318 g/mol. The molecule has 0 bridgehead atoms. The van der Waals surface area contributed by atoms with Gasteiger partial charge in [-0.3, -0.25) is 4.79 Å². The highest BCUT2D eigenvalue weighted by atomic mass is 79.9. The van der Waals surface area contributed by atoms with E-state index in [4.69, 9.17) is 10.00 Å². The highest BCUT2D eigenvalue weighted by Gasteiger charge is 2.13. The van der Waals surface area contributed by atoms with Gasteiger partial charge in [0.25, 0.3) is 0 Å². The third-order valence-electron chi connectivity index (χ3n) is 1.82. The van der Waals surface area contributed by atoms with Gasteiger partial charge < -0.3 is 4.74 Å². The van der Waals surface area contributed by atoms with Crippen molar-refractivity contribution < 1.29 is 13.9 Å². The van der Waals surface area contributed by atoms with E-state index in [2.05, 4.69) is 15.9 Å². The number of carbonyl (C=O) groups is 1. The highest BCUT2D eigenvalue weighted by Crippen LogP contribution is 2.29. The molecule has 0 saturated carbocycles. The number of nitrogens with zero attached hydrogens (tertiary/aromatic N) is 1. The SMILES string of the molecule is CCOC(=O)CSc1ccc(C#N)c(Br)c1F. The molecule has 1 rings (SSSR count). The molecule has 0 aliphatic heterocycles. The zero-order valence-electron chi connectivity index (χ0n) is 9.00. The van der Waals surface area contributed by atoms with Crippen LogP contribution in [0, 0.1) is 17.1 Å². The molecule has 0 atom stereocenters. The molecule has 3 nitrogen and oxygen atoms in total. The van der Waals surface area contributed by atoms with Crippen molar-refractivity contribution in [1.82, 2.24) is 0 Å². The van der Waals surface area contributed by atoms with Gasteiger partial charge in [-0.2, -0.15) is 5.26 Å². The summed E-state index contributed by atoms with van der Waals surface area (Å²) in [7, 11) is 0. The van der Waals surface area contributed by atoms with Gasteiger partial charge in [0, 0.05) is 4.90 Å². The Morgan fingerprint density at radius 3 is 2.94 bits per heavy atom. The molecule has 0 heterocycles. The van der Waals surface area contributed by atoms with Crippen molar-refractivity contribution in [2.75, 3.05) is 12.4 Å². The summed E-state index contributed by atoms with van der Waals surface area (Å²) in [6, 6.07) is 4.84. The van der Waals surface area contributed by atoms with Crippen molar-refractivity contribution in [3.8, 4) is 6.07 Å². The van der Waals surface area contributed by atoms with Crippen LogP contribution in [0.4, 0.5) is 4.39 Å². The van der Waals surface area contributed by atoms with Gasteiger partial charge in [0.2, 0.25) is 0 Å². The minimum Gasteiger partial charge on any atom is -0.465 e. The largest absolute Gasteiger partial charge is 0.465 e. The molecule has 1 aromatic carbocycles. The predicted octanol–water partition coefficient (Wildman–Crippen LogP) is 3.12. The third kappa shape index (κ3) is 3.72. The maximum atomic E-state index is 13.7. The Hall–Kier alpha value is -1.06. The Morgan fingerprint density at radius 1 is 1.65 bits per heavy atom. The van der Waals surface area contributed by atoms with Crippen LogP contribution in [0.2, 0.25) is 0 Å². The van der Waals surface area contributed by atoms with Crippen LogP contribution in [0.5, 0.6) is 0 Å². The lowest BCUT2D eigenvalue weighted by Gasteiger charge is -2.05. The van der Waals surface area contributed by atoms with Crippen molar-refractivity contribution >= 4 is 33.7 Å². The fourth-order valence-corrected chi connectivity index (χ4v) is 2.38. The number of esters is 1. The topological polar surface area (TPSA) is 50.1 Å². The first-order chi connectivity index (χ1) is 8.10. The van der Waals surface area contributed by atoms with Gasteiger partial charge >= 0.3 is 5.97 Å². The second-order valence-electron chi connectivity index (χ2n) is 2.94. The maximum Gasteiger partial charge on any atom is 0.316 e. The first-order valence-corrected chi connectivity index (χ1v) is 6.54. The maximum absolute atomic E-state index is 13.7. The van der Waals surface area contributed by atoms with E-state index in [0.717, 1.165) is 11.8 Å². The lowest BCUT2D eigenvalue weighted by atomic mass is 10.2. The van der Waals surface area contributed by atoms with Crippen LogP contribution in [-0.4, -0.2) is 18.3 Å². The second kappa shape index (κ2) is 6.62. The van der Waals surface area contributed by atoms with Gasteiger partial charge in [-0.25, -0.2) is 4.39 Å².